The molecule has 0 spiro atoms. The summed E-state index contributed by atoms with van der Waals surface area (Å²) in [5.41, 5.74) is 2.13. The number of carbonyl (C=O) groups is 2. The number of amides is 2. The molecule has 2 aromatic rings. The number of rotatable bonds is 8. The second kappa shape index (κ2) is 9.14. The zero-order chi connectivity index (χ0) is 20.1. The molecular formula is C20H27N5O2S. The van der Waals surface area contributed by atoms with Gasteiger partial charge >= 0.3 is 0 Å². The van der Waals surface area contributed by atoms with Gasteiger partial charge in [0.15, 0.2) is 10.6 Å². The van der Waals surface area contributed by atoms with Gasteiger partial charge in [0.05, 0.1) is 12.5 Å². The van der Waals surface area contributed by atoms with Gasteiger partial charge < -0.3 is 14.8 Å². The van der Waals surface area contributed by atoms with Gasteiger partial charge in [0.2, 0.25) is 11.8 Å². The van der Waals surface area contributed by atoms with Crippen LogP contribution in [0.3, 0.4) is 0 Å². The van der Waals surface area contributed by atoms with Crippen molar-refractivity contribution in [3.63, 3.8) is 0 Å². The van der Waals surface area contributed by atoms with Crippen LogP contribution in [0.15, 0.2) is 24.3 Å². The van der Waals surface area contributed by atoms with E-state index in [1.165, 1.54) is 5.56 Å². The van der Waals surface area contributed by atoms with Crippen molar-refractivity contribution in [1.29, 1.82) is 0 Å². The van der Waals surface area contributed by atoms with Gasteiger partial charge in [-0.15, -0.1) is 0 Å². The number of H-pyrrole nitrogens is 1. The highest BCUT2D eigenvalue weighted by Gasteiger charge is 2.35. The van der Waals surface area contributed by atoms with Gasteiger partial charge in [-0.1, -0.05) is 25.5 Å². The number of benzene rings is 1. The van der Waals surface area contributed by atoms with Crippen molar-refractivity contribution < 1.29 is 9.59 Å². The molecule has 1 aliphatic heterocycles. The number of nitrogens with one attached hydrogen (secondary N) is 2. The van der Waals surface area contributed by atoms with Crippen molar-refractivity contribution in [3.8, 4) is 0 Å². The number of unbranched alkanes of at least 4 members (excludes halogenated alkanes) is 1. The second-order valence-corrected chi connectivity index (χ2v) is 7.47. The highest BCUT2D eigenvalue weighted by atomic mass is 32.1. The molecule has 2 amide bonds. The monoisotopic (exact) mass is 401 g/mol. The molecule has 2 heterocycles. The molecule has 3 rings (SSSR count). The van der Waals surface area contributed by atoms with Gasteiger partial charge in [-0.05, 0) is 49.7 Å². The molecule has 1 saturated heterocycles. The molecule has 0 radical (unpaired) electrons. The Bertz CT molecular complexity index is 887. The minimum absolute atomic E-state index is 0.0160. The number of aromatic amines is 1. The summed E-state index contributed by atoms with van der Waals surface area (Å²) >= 11 is 5.16. The Morgan fingerprint density at radius 1 is 1.32 bits per heavy atom. The first-order valence-electron chi connectivity index (χ1n) is 9.84. The van der Waals surface area contributed by atoms with Crippen molar-refractivity contribution in [3.05, 3.63) is 40.4 Å². The zero-order valence-electron chi connectivity index (χ0n) is 16.4. The fourth-order valence-electron chi connectivity index (χ4n) is 3.48. The average Bonchev–Trinajstić information content (AvgIpc) is 3.27. The van der Waals surface area contributed by atoms with Gasteiger partial charge in [-0.25, -0.2) is 0 Å². The smallest absolute Gasteiger partial charge is 0.227 e. The standard InChI is InChI=1S/C20H27N5O2S/c1-3-5-6-14-7-9-16(10-8-14)25-13-15(11-18(25)26)19(27)21-12-17-22-23-20(28)24(17)4-2/h7-10,15H,3-6,11-13H2,1-2H3,(H,21,27)(H,23,28). The van der Waals surface area contributed by atoms with E-state index in [1.807, 2.05) is 23.6 Å². The van der Waals surface area contributed by atoms with E-state index in [1.54, 1.807) is 4.90 Å². The lowest BCUT2D eigenvalue weighted by atomic mass is 10.1. The number of carbonyl (C=O) groups excluding carboxylic acids is 2. The fourth-order valence-corrected chi connectivity index (χ4v) is 3.76. The molecule has 1 aliphatic rings. The van der Waals surface area contributed by atoms with E-state index in [4.69, 9.17) is 12.2 Å². The largest absolute Gasteiger partial charge is 0.348 e. The number of nitrogens with zero attached hydrogens (tertiary/aromatic N) is 3. The summed E-state index contributed by atoms with van der Waals surface area (Å²) in [6, 6.07) is 8.09. The van der Waals surface area contributed by atoms with Crippen LogP contribution in [0.1, 0.15) is 44.5 Å². The first-order valence-corrected chi connectivity index (χ1v) is 10.2. The third-order valence-electron chi connectivity index (χ3n) is 5.14. The van der Waals surface area contributed by atoms with Crippen LogP contribution in [0.25, 0.3) is 0 Å². The third kappa shape index (κ3) is 4.49. The summed E-state index contributed by atoms with van der Waals surface area (Å²) in [7, 11) is 0. The topological polar surface area (TPSA) is 83.0 Å². The number of aromatic nitrogens is 3. The summed E-state index contributed by atoms with van der Waals surface area (Å²) in [5.74, 6) is 0.179. The lowest BCUT2D eigenvalue weighted by molar-refractivity contribution is -0.126. The van der Waals surface area contributed by atoms with E-state index < -0.39 is 0 Å². The maximum Gasteiger partial charge on any atom is 0.227 e. The molecule has 1 aromatic carbocycles. The van der Waals surface area contributed by atoms with Crippen LogP contribution in [-0.2, 0) is 29.1 Å². The van der Waals surface area contributed by atoms with E-state index in [-0.39, 0.29) is 30.7 Å². The minimum Gasteiger partial charge on any atom is -0.348 e. The maximum absolute atomic E-state index is 12.6. The Morgan fingerprint density at radius 3 is 2.75 bits per heavy atom. The molecule has 0 bridgehead atoms. The number of hydrogen-bond acceptors (Lipinski definition) is 4. The molecule has 1 aromatic heterocycles. The van der Waals surface area contributed by atoms with Crippen molar-refractivity contribution in [2.45, 2.75) is 52.6 Å². The first kappa shape index (κ1) is 20.3. The lowest BCUT2D eigenvalue weighted by Crippen LogP contribution is -2.33. The summed E-state index contributed by atoms with van der Waals surface area (Å²) < 4.78 is 2.37. The van der Waals surface area contributed by atoms with Crippen LogP contribution in [0.2, 0.25) is 0 Å². The van der Waals surface area contributed by atoms with Crippen molar-refractivity contribution in [2.24, 2.45) is 5.92 Å². The van der Waals surface area contributed by atoms with Crippen molar-refractivity contribution in [1.82, 2.24) is 20.1 Å². The Balaban J connectivity index is 1.58. The van der Waals surface area contributed by atoms with Crippen LogP contribution in [0, 0.1) is 10.7 Å². The normalized spacial score (nSPS) is 16.6. The van der Waals surface area contributed by atoms with E-state index in [2.05, 4.69) is 34.6 Å². The second-order valence-electron chi connectivity index (χ2n) is 7.08. The molecule has 7 nitrogen and oxygen atoms in total. The number of anilines is 1. The Hall–Kier alpha value is -2.48. The third-order valence-corrected chi connectivity index (χ3v) is 5.45. The predicted molar refractivity (Wildman–Crippen MR) is 110 cm³/mol. The first-order chi connectivity index (χ1) is 13.5. The van der Waals surface area contributed by atoms with E-state index in [0.29, 0.717) is 23.7 Å². The summed E-state index contributed by atoms with van der Waals surface area (Å²) in [6.45, 7) is 5.52. The molecule has 150 valence electrons. The molecule has 1 unspecified atom stereocenters. The van der Waals surface area contributed by atoms with E-state index in [0.717, 1.165) is 24.9 Å². The Morgan fingerprint density at radius 2 is 2.07 bits per heavy atom. The SMILES string of the molecule is CCCCc1ccc(N2CC(C(=O)NCc3n[nH]c(=S)n3CC)CC2=O)cc1. The van der Waals surface area contributed by atoms with Crippen LogP contribution in [0.5, 0.6) is 0 Å². The molecule has 2 N–H and O–H groups in total. The molecule has 1 fully saturated rings. The molecule has 1 atom stereocenters. The quantitative estimate of drug-likeness (QED) is 0.666. The van der Waals surface area contributed by atoms with Gasteiger partial charge in [0.25, 0.3) is 0 Å². The van der Waals surface area contributed by atoms with Gasteiger partial charge in [-0.2, -0.15) is 5.10 Å². The number of aryl methyl sites for hydroxylation is 1. The zero-order valence-corrected chi connectivity index (χ0v) is 17.2. The number of hydrogen-bond donors (Lipinski definition) is 2. The maximum atomic E-state index is 12.6. The van der Waals surface area contributed by atoms with E-state index >= 15 is 0 Å². The fraction of sp³-hybridized carbons (Fsp3) is 0.500. The van der Waals surface area contributed by atoms with Gasteiger partial charge in [0, 0.05) is 25.2 Å². The average molecular weight is 402 g/mol. The highest BCUT2D eigenvalue weighted by molar-refractivity contribution is 7.71. The highest BCUT2D eigenvalue weighted by Crippen LogP contribution is 2.26. The van der Waals surface area contributed by atoms with Crippen LogP contribution < -0.4 is 10.2 Å². The molecular weight excluding hydrogens is 374 g/mol. The predicted octanol–water partition coefficient (Wildman–Crippen LogP) is 2.97. The molecule has 8 heteroatoms. The summed E-state index contributed by atoms with van der Waals surface area (Å²) in [6.07, 6.45) is 3.59. The minimum atomic E-state index is -0.357. The van der Waals surface area contributed by atoms with E-state index in [9.17, 15) is 9.59 Å². The Labute approximate surface area is 170 Å². The van der Waals surface area contributed by atoms with Crippen LogP contribution >= 0.6 is 12.2 Å². The molecule has 0 aliphatic carbocycles. The van der Waals surface area contributed by atoms with Crippen molar-refractivity contribution >= 4 is 29.7 Å². The summed E-state index contributed by atoms with van der Waals surface area (Å²) in [5, 5.41) is 9.77. The molecule has 0 saturated carbocycles. The van der Waals surface area contributed by atoms with Crippen LogP contribution in [0.4, 0.5) is 5.69 Å². The Kier molecular flexibility index (Phi) is 6.61. The lowest BCUT2D eigenvalue weighted by Gasteiger charge is -2.17. The van der Waals surface area contributed by atoms with Gasteiger partial charge in [-0.3, -0.25) is 14.7 Å². The van der Waals surface area contributed by atoms with Crippen LogP contribution in [-0.4, -0.2) is 33.1 Å². The summed E-state index contributed by atoms with van der Waals surface area (Å²) in [4.78, 5) is 26.7. The molecule has 28 heavy (non-hydrogen) atoms. The van der Waals surface area contributed by atoms with Gasteiger partial charge in [0.1, 0.15) is 0 Å². The van der Waals surface area contributed by atoms with Crippen molar-refractivity contribution in [2.75, 3.05) is 11.4 Å².